The number of rotatable bonds is 4. The minimum atomic E-state index is -4.23. The highest BCUT2D eigenvalue weighted by molar-refractivity contribution is 8.00. The summed E-state index contributed by atoms with van der Waals surface area (Å²) in [6.45, 7) is 4.50. The third-order valence-electron chi connectivity index (χ3n) is 3.20. The highest BCUT2D eigenvalue weighted by atomic mass is 35.5. The smallest absolute Gasteiger partial charge is 0.369 e. The molecular weight excluding hydrogens is 341 g/mol. The van der Waals surface area contributed by atoms with Gasteiger partial charge in [0, 0.05) is 49.1 Å². The Balaban J connectivity index is 0.00000220. The SMILES string of the molecule is Cl.FC(F)(F)Sc1cccc(N2CCN(CCS)CC2)c1. The molecule has 0 aliphatic carbocycles. The van der Waals surface area contributed by atoms with Crippen molar-refractivity contribution >= 4 is 42.5 Å². The van der Waals surface area contributed by atoms with E-state index in [9.17, 15) is 13.2 Å². The number of piperazine rings is 1. The number of hydrogen-bond donors (Lipinski definition) is 1. The molecular formula is C13H18ClF3N2S2. The first kappa shape index (κ1) is 18.8. The van der Waals surface area contributed by atoms with Crippen LogP contribution in [0.2, 0.25) is 0 Å². The minimum absolute atomic E-state index is 0. The Morgan fingerprint density at radius 1 is 1.14 bits per heavy atom. The first-order valence-corrected chi connectivity index (χ1v) is 7.87. The highest BCUT2D eigenvalue weighted by Gasteiger charge is 2.29. The zero-order valence-corrected chi connectivity index (χ0v) is 13.9. The van der Waals surface area contributed by atoms with Crippen molar-refractivity contribution < 1.29 is 13.2 Å². The molecule has 21 heavy (non-hydrogen) atoms. The lowest BCUT2D eigenvalue weighted by Crippen LogP contribution is -2.46. The molecule has 1 aromatic carbocycles. The van der Waals surface area contributed by atoms with Gasteiger partial charge in [0.2, 0.25) is 0 Å². The molecule has 1 saturated heterocycles. The van der Waals surface area contributed by atoms with Crippen molar-refractivity contribution in [2.24, 2.45) is 0 Å². The number of thioether (sulfide) groups is 1. The van der Waals surface area contributed by atoms with Crippen molar-refractivity contribution in [3.8, 4) is 0 Å². The molecule has 1 heterocycles. The van der Waals surface area contributed by atoms with Crippen molar-refractivity contribution in [1.82, 2.24) is 4.90 Å². The van der Waals surface area contributed by atoms with Crippen LogP contribution in [0.5, 0.6) is 0 Å². The van der Waals surface area contributed by atoms with Crippen LogP contribution in [0.15, 0.2) is 29.2 Å². The van der Waals surface area contributed by atoms with Gasteiger partial charge < -0.3 is 4.90 Å². The highest BCUT2D eigenvalue weighted by Crippen LogP contribution is 2.38. The lowest BCUT2D eigenvalue weighted by Gasteiger charge is -2.36. The van der Waals surface area contributed by atoms with E-state index in [1.54, 1.807) is 12.1 Å². The van der Waals surface area contributed by atoms with Crippen molar-refractivity contribution in [1.29, 1.82) is 0 Å². The molecule has 0 amide bonds. The van der Waals surface area contributed by atoms with Crippen molar-refractivity contribution in [2.45, 2.75) is 10.4 Å². The summed E-state index contributed by atoms with van der Waals surface area (Å²) in [4.78, 5) is 4.69. The first-order valence-electron chi connectivity index (χ1n) is 6.42. The maximum Gasteiger partial charge on any atom is 0.446 e. The summed E-state index contributed by atoms with van der Waals surface area (Å²) in [5, 5.41) is 0. The summed E-state index contributed by atoms with van der Waals surface area (Å²) in [5.74, 6) is 0.831. The number of thiol groups is 1. The third kappa shape index (κ3) is 6.18. The van der Waals surface area contributed by atoms with Crippen LogP contribution in [0.1, 0.15) is 0 Å². The fraction of sp³-hybridized carbons (Fsp3) is 0.538. The van der Waals surface area contributed by atoms with Crippen LogP contribution in [0.3, 0.4) is 0 Å². The molecule has 0 spiro atoms. The largest absolute Gasteiger partial charge is 0.446 e. The zero-order valence-electron chi connectivity index (χ0n) is 11.3. The van der Waals surface area contributed by atoms with E-state index < -0.39 is 5.51 Å². The van der Waals surface area contributed by atoms with Gasteiger partial charge in [-0.1, -0.05) is 6.07 Å². The van der Waals surface area contributed by atoms with Gasteiger partial charge in [-0.25, -0.2) is 0 Å². The van der Waals surface area contributed by atoms with Crippen LogP contribution in [0.25, 0.3) is 0 Å². The minimum Gasteiger partial charge on any atom is -0.369 e. The maximum absolute atomic E-state index is 12.4. The Bertz CT molecular complexity index is 438. The van der Waals surface area contributed by atoms with E-state index in [0.29, 0.717) is 0 Å². The van der Waals surface area contributed by atoms with E-state index >= 15 is 0 Å². The fourth-order valence-corrected chi connectivity index (χ4v) is 3.12. The number of benzene rings is 1. The molecule has 0 atom stereocenters. The van der Waals surface area contributed by atoms with E-state index in [4.69, 9.17) is 0 Å². The Hall–Kier alpha value is -0.240. The summed E-state index contributed by atoms with van der Waals surface area (Å²) in [6, 6.07) is 6.67. The summed E-state index contributed by atoms with van der Waals surface area (Å²) in [6.07, 6.45) is 0. The summed E-state index contributed by atoms with van der Waals surface area (Å²) in [5.41, 5.74) is -3.37. The summed E-state index contributed by atoms with van der Waals surface area (Å²) in [7, 11) is 0. The average Bonchev–Trinajstić information content (AvgIpc) is 2.38. The standard InChI is InChI=1S/C13H17F3N2S2.ClH/c14-13(15,16)20-12-3-1-2-11(10-12)18-6-4-17(5-7-18)8-9-19;/h1-3,10,19H,4-9H2;1H. The van der Waals surface area contributed by atoms with Crippen LogP contribution in [-0.4, -0.2) is 48.9 Å². The van der Waals surface area contributed by atoms with Gasteiger partial charge in [0.15, 0.2) is 0 Å². The molecule has 120 valence electrons. The second-order valence-electron chi connectivity index (χ2n) is 4.60. The quantitative estimate of drug-likeness (QED) is 0.647. The lowest BCUT2D eigenvalue weighted by atomic mass is 10.2. The Labute approximate surface area is 138 Å². The number of hydrogen-bond acceptors (Lipinski definition) is 4. The van der Waals surface area contributed by atoms with E-state index in [-0.39, 0.29) is 29.1 Å². The van der Waals surface area contributed by atoms with Gasteiger partial charge in [-0.2, -0.15) is 25.8 Å². The second kappa shape index (κ2) is 8.41. The molecule has 1 aromatic rings. The second-order valence-corrected chi connectivity index (χ2v) is 6.18. The topological polar surface area (TPSA) is 6.48 Å². The van der Waals surface area contributed by atoms with Crippen molar-refractivity contribution in [2.75, 3.05) is 43.4 Å². The molecule has 2 rings (SSSR count). The number of nitrogens with zero attached hydrogens (tertiary/aromatic N) is 2. The number of alkyl halides is 3. The number of anilines is 1. The monoisotopic (exact) mass is 358 g/mol. The summed E-state index contributed by atoms with van der Waals surface area (Å²) >= 11 is 4.15. The zero-order chi connectivity index (χ0) is 14.6. The van der Waals surface area contributed by atoms with Crippen LogP contribution < -0.4 is 4.90 Å². The van der Waals surface area contributed by atoms with Gasteiger partial charge in [-0.05, 0) is 30.0 Å². The average molecular weight is 359 g/mol. The van der Waals surface area contributed by atoms with Gasteiger partial charge in [-0.3, -0.25) is 4.90 Å². The van der Waals surface area contributed by atoms with Gasteiger partial charge in [0.05, 0.1) is 0 Å². The lowest BCUT2D eigenvalue weighted by molar-refractivity contribution is -0.0328. The molecule has 0 saturated carbocycles. The third-order valence-corrected chi connectivity index (χ3v) is 4.13. The summed E-state index contributed by atoms with van der Waals surface area (Å²) < 4.78 is 37.2. The molecule has 8 heteroatoms. The van der Waals surface area contributed by atoms with Crippen LogP contribution in [0, 0.1) is 0 Å². The van der Waals surface area contributed by atoms with E-state index in [0.717, 1.165) is 44.2 Å². The molecule has 1 aliphatic rings. The van der Waals surface area contributed by atoms with Crippen LogP contribution in [-0.2, 0) is 0 Å². The fourth-order valence-electron chi connectivity index (χ4n) is 2.25. The Morgan fingerprint density at radius 3 is 2.38 bits per heavy atom. The first-order chi connectivity index (χ1) is 9.48. The molecule has 0 unspecified atom stereocenters. The molecule has 0 aromatic heterocycles. The van der Waals surface area contributed by atoms with E-state index in [2.05, 4.69) is 22.4 Å². The molecule has 1 fully saturated rings. The molecule has 0 bridgehead atoms. The predicted octanol–water partition coefficient (Wildman–Crippen LogP) is 3.77. The molecule has 1 aliphatic heterocycles. The van der Waals surface area contributed by atoms with E-state index in [1.807, 2.05) is 6.07 Å². The molecule has 0 N–H and O–H groups in total. The van der Waals surface area contributed by atoms with Crippen LogP contribution >= 0.6 is 36.8 Å². The van der Waals surface area contributed by atoms with E-state index in [1.165, 1.54) is 6.07 Å². The maximum atomic E-state index is 12.4. The normalized spacial score (nSPS) is 16.7. The van der Waals surface area contributed by atoms with Gasteiger partial charge >= 0.3 is 5.51 Å². The van der Waals surface area contributed by atoms with Crippen molar-refractivity contribution in [3.63, 3.8) is 0 Å². The van der Waals surface area contributed by atoms with Gasteiger partial charge in [0.1, 0.15) is 0 Å². The Kier molecular flexibility index (Phi) is 7.53. The molecule has 0 radical (unpaired) electrons. The van der Waals surface area contributed by atoms with Gasteiger partial charge in [0.25, 0.3) is 0 Å². The van der Waals surface area contributed by atoms with Crippen molar-refractivity contribution in [3.05, 3.63) is 24.3 Å². The molecule has 2 nitrogen and oxygen atoms in total. The number of halogens is 4. The Morgan fingerprint density at radius 2 is 1.81 bits per heavy atom. The van der Waals surface area contributed by atoms with Gasteiger partial charge in [-0.15, -0.1) is 12.4 Å². The van der Waals surface area contributed by atoms with Crippen LogP contribution in [0.4, 0.5) is 18.9 Å². The predicted molar refractivity (Wildman–Crippen MR) is 88.1 cm³/mol.